The summed E-state index contributed by atoms with van der Waals surface area (Å²) < 4.78 is 0. The van der Waals surface area contributed by atoms with Gasteiger partial charge in [0.15, 0.2) is 0 Å². The standard InChI is InChI=1S/C136H126B2N4/c1-130(2,3)91-51-40-52-96(78-91)139-120-84-121-115(83-114(120)137-112-65-36-38-67-118(112)141(116-71-69-92(131(4,5)6)81-106(116)85-43-20-16-21-44-85)124-75-87(73-122(139)128(124)137)98-57-41-59-104-102-55-30-32-61-108(102)135(126(98)104,89-47-24-18-25-48-89)90-49-26-19-27-50-90)138-113-66-37-39-68-119(113)142(117-72-70-93(132(7,8)9)82-107(117)86-45-22-17-23-46-86)125-76-88(74-123(129(125)138)140(121)97-79-94(133(10,11)12)77-95(80-97)134(13,14)15)99-58-42-60-105-103-56-31-35-64-111(103)136(127(99)105)109-62-33-28-53-100(109)101-54-29-34-63-110(101)136/h16-68,73-80,83-84,92-93,106-107,116-117H,69-72,81-82H2,1-15H3. The molecule has 0 radical (unpaired) electrons. The van der Waals surface area contributed by atoms with Crippen LogP contribution >= 0.6 is 0 Å². The third kappa shape index (κ3) is 13.2. The summed E-state index contributed by atoms with van der Waals surface area (Å²) in [5.74, 6) is 1.44. The average molecular weight is 1840 g/mol. The second-order valence-corrected chi connectivity index (χ2v) is 48.1. The highest BCUT2D eigenvalue weighted by Gasteiger charge is 2.57. The van der Waals surface area contributed by atoms with Crippen molar-refractivity contribution in [1.82, 2.24) is 0 Å². The zero-order valence-corrected chi connectivity index (χ0v) is 85.0. The van der Waals surface area contributed by atoms with Crippen LogP contribution in [0.2, 0.25) is 0 Å². The molecule has 9 aliphatic rings. The molecule has 17 aromatic carbocycles. The van der Waals surface area contributed by atoms with E-state index in [2.05, 4.69) is 506 Å². The van der Waals surface area contributed by atoms with Gasteiger partial charge in [0, 0.05) is 80.8 Å². The summed E-state index contributed by atoms with van der Waals surface area (Å²) in [7, 11) is 0. The first-order chi connectivity index (χ1) is 68.6. The first kappa shape index (κ1) is 88.3. The van der Waals surface area contributed by atoms with Gasteiger partial charge in [-0.2, -0.15) is 0 Å². The molecular weight excluding hydrogens is 1710 g/mol. The molecule has 1 spiro atoms. The number of hydrogen-bond acceptors (Lipinski definition) is 4. The van der Waals surface area contributed by atoms with E-state index in [1.807, 2.05) is 0 Å². The minimum Gasteiger partial charge on any atom is -0.339 e. The topological polar surface area (TPSA) is 13.0 Å². The second-order valence-electron chi connectivity index (χ2n) is 48.1. The van der Waals surface area contributed by atoms with Crippen LogP contribution in [0.25, 0.3) is 55.6 Å². The summed E-state index contributed by atoms with van der Waals surface area (Å²) in [6.45, 7) is 36.4. The van der Waals surface area contributed by atoms with E-state index in [9.17, 15) is 0 Å². The predicted octanol–water partition coefficient (Wildman–Crippen LogP) is 31.1. The summed E-state index contributed by atoms with van der Waals surface area (Å²) in [5.41, 5.74) is 48.5. The minimum absolute atomic E-state index is 0.0903. The van der Waals surface area contributed by atoms with Crippen LogP contribution in [0.1, 0.15) is 227 Å². The number of para-hydroxylation sites is 2. The van der Waals surface area contributed by atoms with Crippen LogP contribution in [0.4, 0.5) is 56.9 Å². The molecule has 696 valence electrons. The van der Waals surface area contributed by atoms with E-state index in [0.717, 1.165) is 44.2 Å². The van der Waals surface area contributed by atoms with Crippen molar-refractivity contribution in [2.45, 2.75) is 193 Å². The fraction of sp³-hybridized carbons (Fsp3) is 0.250. The van der Waals surface area contributed by atoms with Gasteiger partial charge in [-0.3, -0.25) is 0 Å². The Kier molecular flexibility index (Phi) is 20.1. The van der Waals surface area contributed by atoms with E-state index < -0.39 is 10.8 Å². The molecule has 0 amide bonds. The number of rotatable bonds is 10. The summed E-state index contributed by atoms with van der Waals surface area (Å²) in [6.07, 6.45) is 6.47. The first-order valence-corrected chi connectivity index (χ1v) is 52.7. The van der Waals surface area contributed by atoms with Crippen molar-refractivity contribution in [3.05, 3.63) is 455 Å². The molecule has 142 heavy (non-hydrogen) atoms. The Hall–Kier alpha value is -13.9. The fourth-order valence-corrected chi connectivity index (χ4v) is 28.5. The fourth-order valence-electron chi connectivity index (χ4n) is 28.5. The number of nitrogens with zero attached hydrogens (tertiary/aromatic N) is 4. The molecule has 4 aliphatic heterocycles. The van der Waals surface area contributed by atoms with E-state index >= 15 is 0 Å². The van der Waals surface area contributed by atoms with E-state index in [0.29, 0.717) is 11.8 Å². The molecule has 0 N–H and O–H groups in total. The smallest absolute Gasteiger partial charge is 0.252 e. The monoisotopic (exact) mass is 1840 g/mol. The highest BCUT2D eigenvalue weighted by molar-refractivity contribution is 7.03. The van der Waals surface area contributed by atoms with Crippen LogP contribution in [0.15, 0.2) is 382 Å². The maximum atomic E-state index is 2.98. The molecule has 0 aromatic heterocycles. The molecule has 0 saturated heterocycles. The Morgan fingerprint density at radius 3 is 1.01 bits per heavy atom. The maximum Gasteiger partial charge on any atom is 0.252 e. The largest absolute Gasteiger partial charge is 0.339 e. The molecule has 6 unspecified atom stereocenters. The van der Waals surface area contributed by atoms with Crippen LogP contribution in [0.3, 0.4) is 0 Å². The van der Waals surface area contributed by atoms with E-state index in [-0.39, 0.29) is 64.4 Å². The zero-order chi connectivity index (χ0) is 96.7. The lowest BCUT2D eigenvalue weighted by molar-refractivity contribution is 0.153. The molecule has 0 bridgehead atoms. The van der Waals surface area contributed by atoms with Crippen molar-refractivity contribution in [3.63, 3.8) is 0 Å². The molecule has 5 aliphatic carbocycles. The SMILES string of the molecule is CC(C)(C)c1cccc(N2c3cc4c(cc3B3c5ccccc5N(C5CCC(C(C)(C)C)CC5c5ccccc5)c5cc(-c6cccc7c6C(c6ccccc6)(c6ccccc6)c6ccccc6-7)cc2c53)B2c3ccccc3N(C3CCC(C(C)(C)C)CC3c3ccccc3)c3cc(-c5cccc6c5C5(c7ccccc7-c7ccccc75)c5ccccc5-6)cc(c32)N4c2cc(C(C)(C)C)cc(C(C)(C)C)c2)c1. The molecule has 26 rings (SSSR count). The lowest BCUT2D eigenvalue weighted by Crippen LogP contribution is -2.66. The first-order valence-electron chi connectivity index (χ1n) is 52.7. The normalized spacial score (nSPS) is 19.0. The highest BCUT2D eigenvalue weighted by Crippen LogP contribution is 2.67. The number of benzene rings is 17. The van der Waals surface area contributed by atoms with Gasteiger partial charge in [0.1, 0.15) is 0 Å². The average Bonchev–Trinajstić information content (AvgIpc) is 1.40. The molecule has 6 atom stereocenters. The van der Waals surface area contributed by atoms with E-state index in [1.54, 1.807) is 0 Å². The number of anilines is 10. The Bertz CT molecular complexity index is 7830. The zero-order valence-electron chi connectivity index (χ0n) is 85.0. The third-order valence-corrected chi connectivity index (χ3v) is 35.3. The molecule has 17 aromatic rings. The summed E-state index contributed by atoms with van der Waals surface area (Å²) in [4.78, 5) is 11.6. The van der Waals surface area contributed by atoms with Gasteiger partial charge in [0.25, 0.3) is 13.4 Å². The Morgan fingerprint density at radius 1 is 0.246 bits per heavy atom. The van der Waals surface area contributed by atoms with Gasteiger partial charge in [0.2, 0.25) is 0 Å². The summed E-state index contributed by atoms with van der Waals surface area (Å²) >= 11 is 0. The van der Waals surface area contributed by atoms with Gasteiger partial charge in [-0.25, -0.2) is 0 Å². The molecule has 4 nitrogen and oxygen atoms in total. The molecule has 4 heterocycles. The van der Waals surface area contributed by atoms with E-state index in [1.165, 1.54) is 212 Å². The van der Waals surface area contributed by atoms with Crippen molar-refractivity contribution in [2.24, 2.45) is 22.7 Å². The van der Waals surface area contributed by atoms with Gasteiger partial charge < -0.3 is 19.6 Å². The Balaban J connectivity index is 0.807. The molecule has 2 fully saturated rings. The maximum absolute atomic E-state index is 2.98. The molecule has 2 saturated carbocycles. The molecule has 6 heteroatoms. The molecular formula is C136H126B2N4. The van der Waals surface area contributed by atoms with Crippen LogP contribution in [-0.4, -0.2) is 25.5 Å². The second kappa shape index (κ2) is 32.3. The van der Waals surface area contributed by atoms with Crippen LogP contribution in [0, 0.1) is 22.7 Å². The van der Waals surface area contributed by atoms with Crippen molar-refractivity contribution in [1.29, 1.82) is 0 Å². The van der Waals surface area contributed by atoms with Gasteiger partial charge >= 0.3 is 0 Å². The minimum atomic E-state index is -0.704. The lowest BCUT2D eigenvalue weighted by Gasteiger charge is -2.52. The summed E-state index contributed by atoms with van der Waals surface area (Å²) in [5, 5.41) is 0. The van der Waals surface area contributed by atoms with Crippen molar-refractivity contribution < 1.29 is 0 Å². The summed E-state index contributed by atoms with van der Waals surface area (Å²) in [6, 6.07) is 153. The van der Waals surface area contributed by atoms with Crippen molar-refractivity contribution in [3.8, 4) is 55.6 Å². The number of hydrogen-bond donors (Lipinski definition) is 0. The highest BCUT2D eigenvalue weighted by atomic mass is 15.2. The third-order valence-electron chi connectivity index (χ3n) is 35.3. The Labute approximate surface area is 842 Å². The van der Waals surface area contributed by atoms with E-state index in [4.69, 9.17) is 0 Å². The van der Waals surface area contributed by atoms with Gasteiger partial charge in [0.05, 0.1) is 10.8 Å². The van der Waals surface area contributed by atoms with Gasteiger partial charge in [-0.15, -0.1) is 0 Å². The number of fused-ring (bicyclic) bond motifs is 21. The van der Waals surface area contributed by atoms with Crippen LogP contribution in [0.5, 0.6) is 0 Å². The quantitative estimate of drug-likeness (QED) is 0.127. The van der Waals surface area contributed by atoms with Crippen LogP contribution in [-0.2, 0) is 27.1 Å². The van der Waals surface area contributed by atoms with Gasteiger partial charge in [-0.1, -0.05) is 419 Å². The Morgan fingerprint density at radius 2 is 0.585 bits per heavy atom. The lowest BCUT2D eigenvalue weighted by atomic mass is 9.30. The van der Waals surface area contributed by atoms with Crippen LogP contribution < -0.4 is 52.4 Å². The predicted molar refractivity (Wildman–Crippen MR) is 602 cm³/mol. The van der Waals surface area contributed by atoms with Crippen molar-refractivity contribution >= 4 is 103 Å². The van der Waals surface area contributed by atoms with Gasteiger partial charge in [-0.05, 0) is 305 Å². The van der Waals surface area contributed by atoms with Crippen molar-refractivity contribution in [2.75, 3.05) is 19.6 Å².